The first-order valence-electron chi connectivity index (χ1n) is 6.65. The fraction of sp³-hybridized carbons (Fsp3) is 0.267. The smallest absolute Gasteiger partial charge is 0.269 e. The lowest BCUT2D eigenvalue weighted by Crippen LogP contribution is -2.38. The molecule has 0 radical (unpaired) electrons. The number of hydrogen-bond acceptors (Lipinski definition) is 5. The number of carbonyl (C=O) groups is 1. The molecule has 2 rings (SSSR count). The van der Waals surface area contributed by atoms with Gasteiger partial charge in [-0.3, -0.25) is 14.9 Å². The second-order valence-electron chi connectivity index (χ2n) is 5.13. The number of rotatable bonds is 6. The van der Waals surface area contributed by atoms with Crippen LogP contribution >= 0.6 is 11.3 Å². The van der Waals surface area contributed by atoms with E-state index in [1.807, 2.05) is 11.4 Å². The molecule has 0 aliphatic carbocycles. The van der Waals surface area contributed by atoms with Crippen LogP contribution in [0.15, 0.2) is 41.8 Å². The predicted octanol–water partition coefficient (Wildman–Crippen LogP) is 2.22. The van der Waals surface area contributed by atoms with Crippen LogP contribution in [0.3, 0.4) is 0 Å². The van der Waals surface area contributed by atoms with Gasteiger partial charge in [-0.2, -0.15) is 0 Å². The summed E-state index contributed by atoms with van der Waals surface area (Å²) in [6.45, 7) is 1.72. The Hall–Kier alpha value is -2.25. The van der Waals surface area contributed by atoms with Crippen LogP contribution in [-0.4, -0.2) is 22.5 Å². The van der Waals surface area contributed by atoms with E-state index in [-0.39, 0.29) is 24.6 Å². The molecule has 0 saturated heterocycles. The van der Waals surface area contributed by atoms with E-state index in [0.29, 0.717) is 5.56 Å². The average Bonchev–Trinajstić information content (AvgIpc) is 3.00. The van der Waals surface area contributed by atoms with Gasteiger partial charge in [-0.25, -0.2) is 0 Å². The van der Waals surface area contributed by atoms with E-state index in [2.05, 4.69) is 5.32 Å². The Balaban J connectivity index is 1.93. The summed E-state index contributed by atoms with van der Waals surface area (Å²) in [6.07, 6.45) is 0.0300. The number of nitrogens with zero attached hydrogens (tertiary/aromatic N) is 1. The molecule has 1 heterocycles. The molecule has 2 aromatic rings. The number of nitrogens with one attached hydrogen (secondary N) is 1. The summed E-state index contributed by atoms with van der Waals surface area (Å²) in [6, 6.07) is 9.59. The van der Waals surface area contributed by atoms with E-state index in [1.165, 1.54) is 23.5 Å². The van der Waals surface area contributed by atoms with Gasteiger partial charge in [0.15, 0.2) is 0 Å². The third-order valence-electron chi connectivity index (χ3n) is 3.17. The minimum atomic E-state index is -1.13. The molecule has 0 spiro atoms. The Labute approximate surface area is 131 Å². The molecule has 1 amide bonds. The highest BCUT2D eigenvalue weighted by Gasteiger charge is 2.24. The third kappa shape index (κ3) is 4.12. The standard InChI is InChI=1S/C15H16N2O4S/c1-15(19,13-6-3-7-22-13)10-16-14(18)9-11-4-2-5-12(8-11)17(20)21/h2-8,19H,9-10H2,1H3,(H,16,18). The first-order valence-corrected chi connectivity index (χ1v) is 7.53. The van der Waals surface area contributed by atoms with Crippen LogP contribution in [0.5, 0.6) is 0 Å². The number of amides is 1. The van der Waals surface area contributed by atoms with E-state index < -0.39 is 10.5 Å². The van der Waals surface area contributed by atoms with Gasteiger partial charge >= 0.3 is 0 Å². The lowest BCUT2D eigenvalue weighted by atomic mass is 10.0. The summed E-state index contributed by atoms with van der Waals surface area (Å²) in [4.78, 5) is 22.9. The maximum Gasteiger partial charge on any atom is 0.269 e. The SMILES string of the molecule is CC(O)(CNC(=O)Cc1cccc([N+](=O)[O-])c1)c1cccs1. The normalized spacial score (nSPS) is 13.4. The molecule has 0 aliphatic rings. The number of carbonyl (C=O) groups excluding carboxylic acids is 1. The van der Waals surface area contributed by atoms with Crippen LogP contribution < -0.4 is 5.32 Å². The number of nitro groups is 1. The minimum Gasteiger partial charge on any atom is -0.383 e. The van der Waals surface area contributed by atoms with Gasteiger partial charge in [-0.1, -0.05) is 18.2 Å². The molecule has 7 heteroatoms. The van der Waals surface area contributed by atoms with E-state index >= 15 is 0 Å². The summed E-state index contributed by atoms with van der Waals surface area (Å²) < 4.78 is 0. The van der Waals surface area contributed by atoms with Crippen molar-refractivity contribution in [3.63, 3.8) is 0 Å². The van der Waals surface area contributed by atoms with Gasteiger partial charge in [0.25, 0.3) is 5.69 Å². The van der Waals surface area contributed by atoms with Gasteiger partial charge in [0.05, 0.1) is 17.9 Å². The second kappa shape index (κ2) is 6.67. The Bertz CT molecular complexity index is 668. The fourth-order valence-corrected chi connectivity index (χ4v) is 2.76. The lowest BCUT2D eigenvalue weighted by Gasteiger charge is -2.22. The molecule has 0 aliphatic heterocycles. The van der Waals surface area contributed by atoms with E-state index in [0.717, 1.165) is 4.88 Å². The van der Waals surface area contributed by atoms with E-state index in [9.17, 15) is 20.0 Å². The molecule has 1 atom stereocenters. The highest BCUT2D eigenvalue weighted by Crippen LogP contribution is 2.24. The van der Waals surface area contributed by atoms with Gasteiger partial charge in [-0.15, -0.1) is 11.3 Å². The molecule has 116 valence electrons. The Morgan fingerprint density at radius 1 is 1.41 bits per heavy atom. The van der Waals surface area contributed by atoms with Crippen molar-refractivity contribution in [3.8, 4) is 0 Å². The highest BCUT2D eigenvalue weighted by atomic mass is 32.1. The van der Waals surface area contributed by atoms with Crippen molar-refractivity contribution in [1.29, 1.82) is 0 Å². The molecule has 1 unspecified atom stereocenters. The second-order valence-corrected chi connectivity index (χ2v) is 6.08. The summed E-state index contributed by atoms with van der Waals surface area (Å²) in [5.41, 5.74) is -0.620. The number of aliphatic hydroxyl groups is 1. The zero-order valence-electron chi connectivity index (χ0n) is 12.0. The first kappa shape index (κ1) is 16.1. The van der Waals surface area contributed by atoms with Gasteiger partial charge in [0.2, 0.25) is 5.91 Å². The number of nitro benzene ring substituents is 1. The molecule has 0 fully saturated rings. The van der Waals surface area contributed by atoms with Crippen molar-refractivity contribution in [2.24, 2.45) is 0 Å². The van der Waals surface area contributed by atoms with Crippen LogP contribution in [0, 0.1) is 10.1 Å². The molecule has 2 N–H and O–H groups in total. The zero-order chi connectivity index (χ0) is 16.2. The van der Waals surface area contributed by atoms with Crippen molar-refractivity contribution in [2.45, 2.75) is 18.9 Å². The van der Waals surface area contributed by atoms with Gasteiger partial charge in [0.1, 0.15) is 5.60 Å². The van der Waals surface area contributed by atoms with Crippen LogP contribution in [0.4, 0.5) is 5.69 Å². The summed E-state index contributed by atoms with van der Waals surface area (Å²) >= 11 is 1.41. The largest absolute Gasteiger partial charge is 0.383 e. The van der Waals surface area contributed by atoms with Crippen molar-refractivity contribution in [2.75, 3.05) is 6.54 Å². The molecule has 1 aromatic carbocycles. The Kier molecular flexibility index (Phi) is 4.89. The summed E-state index contributed by atoms with van der Waals surface area (Å²) in [5, 5.41) is 25.5. The maximum atomic E-state index is 11.9. The number of thiophene rings is 1. The zero-order valence-corrected chi connectivity index (χ0v) is 12.8. The molecule has 6 nitrogen and oxygen atoms in total. The topological polar surface area (TPSA) is 92.5 Å². The predicted molar refractivity (Wildman–Crippen MR) is 83.7 cm³/mol. The maximum absolute atomic E-state index is 11.9. The molecule has 1 aromatic heterocycles. The summed E-state index contributed by atoms with van der Waals surface area (Å²) in [5.74, 6) is -0.294. The third-order valence-corrected chi connectivity index (χ3v) is 4.29. The van der Waals surface area contributed by atoms with Crippen molar-refractivity contribution in [3.05, 3.63) is 62.3 Å². The molecule has 22 heavy (non-hydrogen) atoms. The highest BCUT2D eigenvalue weighted by molar-refractivity contribution is 7.10. The number of hydrogen-bond donors (Lipinski definition) is 2. The Morgan fingerprint density at radius 3 is 2.82 bits per heavy atom. The van der Waals surface area contributed by atoms with Gasteiger partial charge in [0, 0.05) is 17.0 Å². The van der Waals surface area contributed by atoms with Crippen molar-refractivity contribution in [1.82, 2.24) is 5.32 Å². The Morgan fingerprint density at radius 2 is 2.18 bits per heavy atom. The first-order chi connectivity index (χ1) is 10.4. The van der Waals surface area contributed by atoms with Crippen LogP contribution in [0.1, 0.15) is 17.4 Å². The van der Waals surface area contributed by atoms with Crippen molar-refractivity contribution >= 4 is 22.9 Å². The molecular weight excluding hydrogens is 304 g/mol. The van der Waals surface area contributed by atoms with Gasteiger partial charge in [-0.05, 0) is 23.9 Å². The molecule has 0 saturated carbocycles. The quantitative estimate of drug-likeness (QED) is 0.630. The molecular formula is C15H16N2O4S. The van der Waals surface area contributed by atoms with E-state index in [1.54, 1.807) is 25.1 Å². The minimum absolute atomic E-state index is 0.0300. The fourth-order valence-electron chi connectivity index (χ4n) is 1.97. The monoisotopic (exact) mass is 320 g/mol. The van der Waals surface area contributed by atoms with Crippen molar-refractivity contribution < 1.29 is 14.8 Å². The average molecular weight is 320 g/mol. The summed E-state index contributed by atoms with van der Waals surface area (Å²) in [7, 11) is 0. The number of benzene rings is 1. The van der Waals surface area contributed by atoms with Crippen LogP contribution in [0.25, 0.3) is 0 Å². The van der Waals surface area contributed by atoms with Crippen LogP contribution in [0.2, 0.25) is 0 Å². The van der Waals surface area contributed by atoms with Gasteiger partial charge < -0.3 is 10.4 Å². The number of non-ortho nitro benzene ring substituents is 1. The molecule has 0 bridgehead atoms. The van der Waals surface area contributed by atoms with Crippen LogP contribution in [-0.2, 0) is 16.8 Å². The van der Waals surface area contributed by atoms with E-state index in [4.69, 9.17) is 0 Å². The lowest BCUT2D eigenvalue weighted by molar-refractivity contribution is -0.384.